The van der Waals surface area contributed by atoms with E-state index in [9.17, 15) is 14.7 Å². The minimum absolute atomic E-state index is 0.0992. The molecule has 7 nitrogen and oxygen atoms in total. The average Bonchev–Trinajstić information content (AvgIpc) is 3.03. The van der Waals surface area contributed by atoms with Crippen LogP contribution in [0.5, 0.6) is 11.5 Å². The van der Waals surface area contributed by atoms with Crippen LogP contribution in [0.2, 0.25) is 0 Å². The number of ether oxygens (including phenoxy) is 2. The molecular formula is C25H28N2O5. The van der Waals surface area contributed by atoms with E-state index in [1.54, 1.807) is 23.1 Å². The summed E-state index contributed by atoms with van der Waals surface area (Å²) in [4.78, 5) is 29.7. The number of likely N-dealkylation sites (tertiary alicyclic amines) is 1. The van der Waals surface area contributed by atoms with E-state index < -0.39 is 17.7 Å². The number of hydrogen-bond donors (Lipinski definition) is 1. The molecule has 0 spiro atoms. The molecule has 0 aliphatic carbocycles. The maximum Gasteiger partial charge on any atom is 0.295 e. The van der Waals surface area contributed by atoms with Crippen LogP contribution in [-0.2, 0) is 9.59 Å². The van der Waals surface area contributed by atoms with Crippen LogP contribution < -0.4 is 9.47 Å². The molecule has 2 heterocycles. The zero-order chi connectivity index (χ0) is 22.8. The van der Waals surface area contributed by atoms with Crippen LogP contribution in [0.15, 0.2) is 48.0 Å². The molecule has 1 saturated heterocycles. The molecule has 2 aromatic carbocycles. The molecule has 32 heavy (non-hydrogen) atoms. The van der Waals surface area contributed by atoms with Crippen LogP contribution in [0.25, 0.3) is 5.76 Å². The normalized spacial score (nSPS) is 19.6. The number of aliphatic hydroxyl groups is 1. The van der Waals surface area contributed by atoms with Crippen LogP contribution in [0, 0.1) is 6.92 Å². The summed E-state index contributed by atoms with van der Waals surface area (Å²) < 4.78 is 11.2. The number of benzene rings is 2. The summed E-state index contributed by atoms with van der Waals surface area (Å²) in [5, 5.41) is 11.2. The fourth-order valence-electron chi connectivity index (χ4n) is 4.20. The number of amides is 1. The molecule has 0 aromatic heterocycles. The highest BCUT2D eigenvalue weighted by molar-refractivity contribution is 6.46. The van der Waals surface area contributed by atoms with Gasteiger partial charge in [-0.15, -0.1) is 0 Å². The van der Waals surface area contributed by atoms with Crippen molar-refractivity contribution in [1.29, 1.82) is 0 Å². The molecule has 2 aliphatic heterocycles. The topological polar surface area (TPSA) is 79.3 Å². The van der Waals surface area contributed by atoms with E-state index in [0.29, 0.717) is 43.2 Å². The Bertz CT molecular complexity index is 1080. The Balaban J connectivity index is 1.79. The first-order chi connectivity index (χ1) is 15.4. The number of aryl methyl sites for hydroxylation is 1. The number of ketones is 1. The van der Waals surface area contributed by atoms with Gasteiger partial charge in [-0.05, 0) is 57.7 Å². The van der Waals surface area contributed by atoms with E-state index in [-0.39, 0.29) is 11.3 Å². The highest BCUT2D eigenvalue weighted by Gasteiger charge is 2.45. The second-order valence-corrected chi connectivity index (χ2v) is 8.42. The molecule has 7 heteroatoms. The Labute approximate surface area is 187 Å². The van der Waals surface area contributed by atoms with E-state index in [1.165, 1.54) is 0 Å². The minimum Gasteiger partial charge on any atom is -0.507 e. The molecule has 2 aromatic rings. The second-order valence-electron chi connectivity index (χ2n) is 8.42. The van der Waals surface area contributed by atoms with Crippen molar-refractivity contribution in [3.8, 4) is 11.5 Å². The van der Waals surface area contributed by atoms with Gasteiger partial charge >= 0.3 is 0 Å². The van der Waals surface area contributed by atoms with Crippen LogP contribution in [0.4, 0.5) is 0 Å². The van der Waals surface area contributed by atoms with E-state index in [2.05, 4.69) is 0 Å². The highest BCUT2D eigenvalue weighted by atomic mass is 16.6. The van der Waals surface area contributed by atoms with E-state index in [0.717, 1.165) is 17.7 Å². The van der Waals surface area contributed by atoms with Gasteiger partial charge in [0.05, 0.1) is 11.6 Å². The summed E-state index contributed by atoms with van der Waals surface area (Å²) in [6.07, 6.45) is 0.715. The van der Waals surface area contributed by atoms with Gasteiger partial charge in [0.2, 0.25) is 0 Å². The second kappa shape index (κ2) is 9.04. The first-order valence-corrected chi connectivity index (χ1v) is 10.8. The van der Waals surface area contributed by atoms with E-state index in [4.69, 9.17) is 9.47 Å². The Morgan fingerprint density at radius 3 is 2.56 bits per heavy atom. The number of fused-ring (bicyclic) bond motifs is 1. The molecule has 0 bridgehead atoms. The lowest BCUT2D eigenvalue weighted by Gasteiger charge is -2.26. The summed E-state index contributed by atoms with van der Waals surface area (Å²) in [6, 6.07) is 12.1. The third kappa shape index (κ3) is 4.21. The molecule has 0 saturated carbocycles. The maximum absolute atomic E-state index is 13.1. The van der Waals surface area contributed by atoms with Gasteiger partial charge in [-0.25, -0.2) is 0 Å². The molecule has 1 N–H and O–H groups in total. The van der Waals surface area contributed by atoms with Crippen LogP contribution in [0.3, 0.4) is 0 Å². The maximum atomic E-state index is 13.1. The third-order valence-corrected chi connectivity index (χ3v) is 5.72. The standard InChI is InChI=1S/C25H28N2O5/c1-16-6-4-7-17(14-16)22-21(24(29)25(30)27(22)11-5-10-26(2)3)23(28)18-8-9-19-20(15-18)32-13-12-31-19/h4,6-9,14-15,22,28H,5,10-13H2,1-3H3/b23-21-. The number of aliphatic hydroxyl groups excluding tert-OH is 1. The Kier molecular flexibility index (Phi) is 6.19. The smallest absolute Gasteiger partial charge is 0.295 e. The van der Waals surface area contributed by atoms with Crippen LogP contribution >= 0.6 is 0 Å². The quantitative estimate of drug-likeness (QED) is 0.426. The fourth-order valence-corrected chi connectivity index (χ4v) is 4.20. The first-order valence-electron chi connectivity index (χ1n) is 10.8. The summed E-state index contributed by atoms with van der Waals surface area (Å²) in [6.45, 7) is 4.04. The third-order valence-electron chi connectivity index (χ3n) is 5.72. The number of nitrogens with zero attached hydrogens (tertiary/aromatic N) is 2. The van der Waals surface area contributed by atoms with Crippen molar-refractivity contribution in [2.75, 3.05) is 40.4 Å². The Morgan fingerprint density at radius 2 is 1.84 bits per heavy atom. The van der Waals surface area contributed by atoms with Crippen molar-refractivity contribution in [3.63, 3.8) is 0 Å². The van der Waals surface area contributed by atoms with Crippen molar-refractivity contribution in [2.24, 2.45) is 0 Å². The van der Waals surface area contributed by atoms with Gasteiger partial charge in [0.15, 0.2) is 11.5 Å². The molecule has 1 unspecified atom stereocenters. The van der Waals surface area contributed by atoms with Gasteiger partial charge in [-0.1, -0.05) is 29.8 Å². The summed E-state index contributed by atoms with van der Waals surface area (Å²) in [5.74, 6) is -0.371. The van der Waals surface area contributed by atoms with Gasteiger partial charge in [0, 0.05) is 12.1 Å². The van der Waals surface area contributed by atoms with E-state index in [1.807, 2.05) is 50.2 Å². The molecular weight excluding hydrogens is 408 g/mol. The zero-order valence-electron chi connectivity index (χ0n) is 18.6. The predicted octanol–water partition coefficient (Wildman–Crippen LogP) is 3.14. The number of Topliss-reactive ketones (excluding diaryl/α,β-unsaturated/α-hetero) is 1. The van der Waals surface area contributed by atoms with Gasteiger partial charge in [-0.3, -0.25) is 9.59 Å². The number of carbonyl (C=O) groups excluding carboxylic acids is 2. The zero-order valence-corrected chi connectivity index (χ0v) is 18.6. The minimum atomic E-state index is -0.672. The SMILES string of the molecule is Cc1cccc(C2/C(=C(/O)c3ccc4c(c3)OCCO4)C(=O)C(=O)N2CCCN(C)C)c1. The van der Waals surface area contributed by atoms with E-state index >= 15 is 0 Å². The molecule has 1 amide bonds. The molecule has 2 aliphatic rings. The Hall–Kier alpha value is -3.32. The first kappa shape index (κ1) is 21.9. The number of rotatable bonds is 6. The number of hydrogen-bond acceptors (Lipinski definition) is 6. The lowest BCUT2D eigenvalue weighted by atomic mass is 9.94. The largest absolute Gasteiger partial charge is 0.507 e. The van der Waals surface area contributed by atoms with Crippen molar-refractivity contribution in [3.05, 3.63) is 64.7 Å². The summed E-state index contributed by atoms with van der Waals surface area (Å²) in [7, 11) is 3.93. The van der Waals surface area contributed by atoms with Crippen LogP contribution in [0.1, 0.15) is 29.2 Å². The van der Waals surface area contributed by atoms with Crippen molar-refractivity contribution in [2.45, 2.75) is 19.4 Å². The Morgan fingerprint density at radius 1 is 1.09 bits per heavy atom. The highest BCUT2D eigenvalue weighted by Crippen LogP contribution is 2.41. The monoisotopic (exact) mass is 436 g/mol. The lowest BCUT2D eigenvalue weighted by Crippen LogP contribution is -2.32. The fraction of sp³-hybridized carbons (Fsp3) is 0.360. The molecule has 168 valence electrons. The van der Waals surface area contributed by atoms with Gasteiger partial charge < -0.3 is 24.4 Å². The average molecular weight is 437 g/mol. The summed E-state index contributed by atoms with van der Waals surface area (Å²) in [5.41, 5.74) is 2.33. The summed E-state index contributed by atoms with van der Waals surface area (Å²) >= 11 is 0. The van der Waals surface area contributed by atoms with Crippen LogP contribution in [-0.4, -0.2) is 67.0 Å². The van der Waals surface area contributed by atoms with Gasteiger partial charge in [0.25, 0.3) is 11.7 Å². The van der Waals surface area contributed by atoms with Gasteiger partial charge in [-0.2, -0.15) is 0 Å². The molecule has 1 fully saturated rings. The molecule has 0 radical (unpaired) electrons. The predicted molar refractivity (Wildman–Crippen MR) is 121 cm³/mol. The van der Waals surface area contributed by atoms with Crippen molar-refractivity contribution < 1.29 is 24.2 Å². The molecule has 1 atom stereocenters. The lowest BCUT2D eigenvalue weighted by molar-refractivity contribution is -0.139. The van der Waals surface area contributed by atoms with Crippen molar-refractivity contribution in [1.82, 2.24) is 9.80 Å². The van der Waals surface area contributed by atoms with Gasteiger partial charge in [0.1, 0.15) is 19.0 Å². The number of carbonyl (C=O) groups is 2. The molecule has 4 rings (SSSR count). The van der Waals surface area contributed by atoms with Crippen molar-refractivity contribution >= 4 is 17.4 Å².